The third kappa shape index (κ3) is 0.857. The maximum absolute atomic E-state index is 11.5. The molecule has 0 N–H and O–H groups in total. The van der Waals surface area contributed by atoms with Gasteiger partial charge in [-0.25, -0.2) is 8.78 Å². The first-order valence-electron chi connectivity index (χ1n) is 2.04. The summed E-state index contributed by atoms with van der Waals surface area (Å²) in [5.41, 5.74) is -0.190. The van der Waals surface area contributed by atoms with E-state index in [1.807, 2.05) is 6.26 Å². The predicted octanol–water partition coefficient (Wildman–Crippen LogP) is 2.02. The van der Waals surface area contributed by atoms with Crippen molar-refractivity contribution in [2.45, 2.75) is 6.43 Å². The van der Waals surface area contributed by atoms with Gasteiger partial charge in [0.1, 0.15) is 0 Å². The molecule has 1 rings (SSSR count). The molecule has 0 bridgehead atoms. The molecule has 0 aliphatic rings. The second-order valence-corrected chi connectivity index (χ2v) is 1.28. The lowest BCUT2D eigenvalue weighted by atomic mass is 10.4. The number of hydrogen-bond donors (Lipinski definition) is 0. The minimum Gasteiger partial charge on any atom is -0.461 e. The lowest BCUT2D eigenvalue weighted by Crippen LogP contribution is -1.75. The van der Waals surface area contributed by atoms with Gasteiger partial charge in [-0.3, -0.25) is 0 Å². The van der Waals surface area contributed by atoms with E-state index in [-0.39, 0.29) is 5.56 Å². The molecular formula is C5H3F2O. The Morgan fingerprint density at radius 2 is 2.38 bits per heavy atom. The minimum absolute atomic E-state index is 0.190. The molecule has 1 nitrogen and oxygen atoms in total. The molecule has 3 heteroatoms. The highest BCUT2D eigenvalue weighted by atomic mass is 19.3. The van der Waals surface area contributed by atoms with Crippen LogP contribution in [0.15, 0.2) is 16.7 Å². The quantitative estimate of drug-likeness (QED) is 0.548. The average Bonchev–Trinajstić information content (AvgIpc) is 2.12. The number of rotatable bonds is 1. The van der Waals surface area contributed by atoms with Crippen LogP contribution in [0.25, 0.3) is 0 Å². The van der Waals surface area contributed by atoms with Gasteiger partial charge in [0.05, 0.1) is 11.8 Å². The molecule has 0 fully saturated rings. The zero-order chi connectivity index (χ0) is 5.98. The van der Waals surface area contributed by atoms with E-state index in [4.69, 9.17) is 0 Å². The third-order valence-corrected chi connectivity index (χ3v) is 0.728. The Hall–Kier alpha value is -0.860. The maximum atomic E-state index is 11.5. The van der Waals surface area contributed by atoms with Gasteiger partial charge in [-0.1, -0.05) is 0 Å². The Labute approximate surface area is 44.9 Å². The summed E-state index contributed by atoms with van der Waals surface area (Å²) in [7, 11) is 0. The van der Waals surface area contributed by atoms with Crippen LogP contribution in [0, 0.1) is 6.26 Å². The fraction of sp³-hybridized carbons (Fsp3) is 0.200. The summed E-state index contributed by atoms with van der Waals surface area (Å²) in [5.74, 6) is 0. The Balaban J connectivity index is 2.77. The third-order valence-electron chi connectivity index (χ3n) is 0.728. The predicted molar refractivity (Wildman–Crippen MR) is 22.5 cm³/mol. The second-order valence-electron chi connectivity index (χ2n) is 1.28. The Morgan fingerprint density at radius 3 is 2.62 bits per heavy atom. The summed E-state index contributed by atoms with van der Waals surface area (Å²) < 4.78 is 27.3. The van der Waals surface area contributed by atoms with Gasteiger partial charge in [-0.2, -0.15) is 0 Å². The van der Waals surface area contributed by atoms with E-state index in [9.17, 15) is 8.78 Å². The van der Waals surface area contributed by atoms with Crippen LogP contribution in [0.3, 0.4) is 0 Å². The van der Waals surface area contributed by atoms with Crippen molar-refractivity contribution < 1.29 is 13.2 Å². The van der Waals surface area contributed by atoms with Crippen LogP contribution in [-0.2, 0) is 0 Å². The summed E-state index contributed by atoms with van der Waals surface area (Å²) in [6.45, 7) is 0. The molecule has 0 aliphatic carbocycles. The smallest absolute Gasteiger partial charge is 0.267 e. The number of alkyl halides is 2. The first kappa shape index (κ1) is 5.28. The van der Waals surface area contributed by atoms with E-state index in [1.165, 1.54) is 12.3 Å². The van der Waals surface area contributed by atoms with E-state index in [2.05, 4.69) is 4.42 Å². The lowest BCUT2D eigenvalue weighted by Gasteiger charge is -1.85. The normalized spacial score (nSPS) is 10.4. The van der Waals surface area contributed by atoms with Crippen LogP contribution < -0.4 is 0 Å². The monoisotopic (exact) mass is 117 g/mol. The van der Waals surface area contributed by atoms with Crippen molar-refractivity contribution in [2.24, 2.45) is 0 Å². The Morgan fingerprint density at radius 1 is 1.62 bits per heavy atom. The molecule has 0 amide bonds. The van der Waals surface area contributed by atoms with Crippen molar-refractivity contribution in [2.75, 3.05) is 0 Å². The van der Waals surface area contributed by atoms with Crippen molar-refractivity contribution in [3.63, 3.8) is 0 Å². The highest BCUT2D eigenvalue weighted by Gasteiger charge is 2.06. The molecule has 0 aliphatic heterocycles. The van der Waals surface area contributed by atoms with Gasteiger partial charge < -0.3 is 4.42 Å². The van der Waals surface area contributed by atoms with Crippen LogP contribution >= 0.6 is 0 Å². The molecule has 0 atom stereocenters. The SMILES string of the molecule is FC(F)c1[c]occ1. The van der Waals surface area contributed by atoms with Gasteiger partial charge in [-0.05, 0) is 6.07 Å². The zero-order valence-electron chi connectivity index (χ0n) is 3.90. The molecule has 0 saturated heterocycles. The molecule has 1 radical (unpaired) electrons. The second kappa shape index (κ2) is 1.94. The van der Waals surface area contributed by atoms with E-state index in [1.54, 1.807) is 0 Å². The first-order valence-corrected chi connectivity index (χ1v) is 2.04. The van der Waals surface area contributed by atoms with Gasteiger partial charge in [0.25, 0.3) is 6.43 Å². The number of halogens is 2. The molecule has 0 unspecified atom stereocenters. The Bertz CT molecular complexity index is 145. The first-order chi connectivity index (χ1) is 3.80. The van der Waals surface area contributed by atoms with Crippen LogP contribution in [0.4, 0.5) is 8.78 Å². The molecule has 1 aromatic rings. The van der Waals surface area contributed by atoms with Gasteiger partial charge in [0.2, 0.25) is 0 Å². The summed E-state index contributed by atoms with van der Waals surface area (Å²) in [6.07, 6.45) is 0.716. The zero-order valence-corrected chi connectivity index (χ0v) is 3.90. The molecule has 0 spiro atoms. The average molecular weight is 117 g/mol. The molecule has 43 valence electrons. The number of hydrogen-bond acceptors (Lipinski definition) is 1. The van der Waals surface area contributed by atoms with E-state index in [0.29, 0.717) is 0 Å². The van der Waals surface area contributed by atoms with E-state index < -0.39 is 6.43 Å². The van der Waals surface area contributed by atoms with Gasteiger partial charge in [-0.15, -0.1) is 0 Å². The van der Waals surface area contributed by atoms with Crippen molar-refractivity contribution in [3.8, 4) is 0 Å². The van der Waals surface area contributed by atoms with Gasteiger partial charge in [0, 0.05) is 0 Å². The van der Waals surface area contributed by atoms with Crippen molar-refractivity contribution in [1.82, 2.24) is 0 Å². The standard InChI is InChI=1S/C5H3F2O/c6-5(7)4-1-2-8-3-4/h1-2,5H. The molecule has 8 heavy (non-hydrogen) atoms. The molecule has 0 aromatic carbocycles. The fourth-order valence-corrected chi connectivity index (χ4v) is 0.361. The maximum Gasteiger partial charge on any atom is 0.267 e. The topological polar surface area (TPSA) is 13.1 Å². The summed E-state index contributed by atoms with van der Waals surface area (Å²) in [5, 5.41) is 0. The van der Waals surface area contributed by atoms with Gasteiger partial charge >= 0.3 is 0 Å². The lowest BCUT2D eigenvalue weighted by molar-refractivity contribution is 0.150. The molecule has 1 aromatic heterocycles. The van der Waals surface area contributed by atoms with Crippen LogP contribution in [0.1, 0.15) is 12.0 Å². The summed E-state index contributed by atoms with van der Waals surface area (Å²) >= 11 is 0. The molecule has 1 heterocycles. The summed E-state index contributed by atoms with van der Waals surface area (Å²) in [6, 6.07) is 1.19. The largest absolute Gasteiger partial charge is 0.461 e. The molecular weight excluding hydrogens is 114 g/mol. The fourth-order valence-electron chi connectivity index (χ4n) is 0.361. The summed E-state index contributed by atoms with van der Waals surface area (Å²) in [4.78, 5) is 0. The highest BCUT2D eigenvalue weighted by molar-refractivity contribution is 5.04. The van der Waals surface area contributed by atoms with Crippen LogP contribution in [0.2, 0.25) is 0 Å². The minimum atomic E-state index is -2.46. The van der Waals surface area contributed by atoms with Crippen molar-refractivity contribution in [1.29, 1.82) is 0 Å². The highest BCUT2D eigenvalue weighted by Crippen LogP contribution is 2.16. The Kier molecular flexibility index (Phi) is 1.28. The number of furan rings is 1. The van der Waals surface area contributed by atoms with E-state index >= 15 is 0 Å². The van der Waals surface area contributed by atoms with Crippen molar-refractivity contribution >= 4 is 0 Å². The molecule has 0 saturated carbocycles. The van der Waals surface area contributed by atoms with Crippen LogP contribution in [0.5, 0.6) is 0 Å². The van der Waals surface area contributed by atoms with Crippen LogP contribution in [-0.4, -0.2) is 0 Å². The van der Waals surface area contributed by atoms with Crippen molar-refractivity contribution in [3.05, 3.63) is 24.2 Å². The van der Waals surface area contributed by atoms with Gasteiger partial charge in [0.15, 0.2) is 6.26 Å². The van der Waals surface area contributed by atoms with E-state index in [0.717, 1.165) is 0 Å².